The minimum absolute atomic E-state index is 0.559. The Labute approximate surface area is 81.7 Å². The van der Waals surface area contributed by atoms with E-state index in [2.05, 4.69) is 24.1 Å². The molecule has 1 heterocycles. The van der Waals surface area contributed by atoms with Crippen LogP contribution in [0.4, 0.5) is 0 Å². The molecule has 0 atom stereocenters. The van der Waals surface area contributed by atoms with Crippen molar-refractivity contribution in [2.24, 2.45) is 0 Å². The third-order valence-electron chi connectivity index (χ3n) is 3.82. The molecule has 0 aromatic heterocycles. The lowest BCUT2D eigenvalue weighted by Gasteiger charge is -2.42. The van der Waals surface area contributed by atoms with Gasteiger partial charge in [-0.2, -0.15) is 0 Å². The summed E-state index contributed by atoms with van der Waals surface area (Å²) in [7, 11) is 0. The van der Waals surface area contributed by atoms with Gasteiger partial charge in [0.1, 0.15) is 0 Å². The second-order valence-corrected chi connectivity index (χ2v) is 4.94. The Hall–Kier alpha value is -0.0800. The maximum absolute atomic E-state index is 3.74. The summed E-state index contributed by atoms with van der Waals surface area (Å²) in [6.07, 6.45) is 5.64. The van der Waals surface area contributed by atoms with E-state index in [0.29, 0.717) is 5.54 Å². The van der Waals surface area contributed by atoms with Crippen molar-refractivity contribution >= 4 is 0 Å². The van der Waals surface area contributed by atoms with Gasteiger partial charge in [0.15, 0.2) is 0 Å². The first-order valence-electron chi connectivity index (χ1n) is 5.71. The van der Waals surface area contributed by atoms with Crippen molar-refractivity contribution in [3.63, 3.8) is 0 Å². The van der Waals surface area contributed by atoms with Gasteiger partial charge >= 0.3 is 0 Å². The quantitative estimate of drug-likeness (QED) is 0.663. The third-order valence-corrected chi connectivity index (χ3v) is 3.82. The molecular weight excluding hydrogens is 160 g/mol. The van der Waals surface area contributed by atoms with Crippen LogP contribution in [0.5, 0.6) is 0 Å². The predicted molar refractivity (Wildman–Crippen MR) is 55.9 cm³/mol. The van der Waals surface area contributed by atoms with Gasteiger partial charge in [-0.15, -0.1) is 0 Å². The number of rotatable bonds is 1. The minimum Gasteiger partial charge on any atom is -0.310 e. The van der Waals surface area contributed by atoms with Crippen molar-refractivity contribution in [1.82, 2.24) is 10.2 Å². The largest absolute Gasteiger partial charge is 0.310 e. The van der Waals surface area contributed by atoms with E-state index in [4.69, 9.17) is 0 Å². The second-order valence-electron chi connectivity index (χ2n) is 4.94. The molecule has 0 amide bonds. The molecule has 2 rings (SSSR count). The van der Waals surface area contributed by atoms with Gasteiger partial charge in [-0.3, -0.25) is 4.90 Å². The zero-order valence-corrected chi connectivity index (χ0v) is 8.97. The van der Waals surface area contributed by atoms with Gasteiger partial charge in [0.25, 0.3) is 0 Å². The molecule has 0 aromatic rings. The molecule has 0 aromatic carbocycles. The fraction of sp³-hybridized carbons (Fsp3) is 1.00. The van der Waals surface area contributed by atoms with E-state index in [1.54, 1.807) is 0 Å². The molecule has 2 heteroatoms. The van der Waals surface area contributed by atoms with Gasteiger partial charge in [0, 0.05) is 31.2 Å². The summed E-state index contributed by atoms with van der Waals surface area (Å²) < 4.78 is 0. The average molecular weight is 182 g/mol. The van der Waals surface area contributed by atoms with Crippen LogP contribution in [0, 0.1) is 0 Å². The first kappa shape index (κ1) is 9.47. The highest BCUT2D eigenvalue weighted by atomic mass is 15.2. The Morgan fingerprint density at radius 2 is 1.92 bits per heavy atom. The molecule has 13 heavy (non-hydrogen) atoms. The van der Waals surface area contributed by atoms with Crippen molar-refractivity contribution in [3.05, 3.63) is 0 Å². The van der Waals surface area contributed by atoms with Crippen molar-refractivity contribution in [2.75, 3.05) is 19.6 Å². The van der Waals surface area contributed by atoms with Crippen LogP contribution in [-0.4, -0.2) is 36.1 Å². The van der Waals surface area contributed by atoms with Crippen LogP contribution in [0.1, 0.15) is 39.5 Å². The van der Waals surface area contributed by atoms with Gasteiger partial charge < -0.3 is 5.32 Å². The van der Waals surface area contributed by atoms with E-state index in [9.17, 15) is 0 Å². The van der Waals surface area contributed by atoms with Gasteiger partial charge in [-0.05, 0) is 39.5 Å². The summed E-state index contributed by atoms with van der Waals surface area (Å²) in [6.45, 7) is 8.33. The van der Waals surface area contributed by atoms with Crippen molar-refractivity contribution in [3.8, 4) is 0 Å². The van der Waals surface area contributed by atoms with E-state index in [1.807, 2.05) is 0 Å². The normalized spacial score (nSPS) is 28.8. The van der Waals surface area contributed by atoms with Crippen LogP contribution in [0.25, 0.3) is 0 Å². The van der Waals surface area contributed by atoms with E-state index in [-0.39, 0.29) is 0 Å². The number of hydrogen-bond donors (Lipinski definition) is 1. The average Bonchev–Trinajstić information content (AvgIpc) is 2.24. The minimum atomic E-state index is 0.559. The Balaban J connectivity index is 1.90. The van der Waals surface area contributed by atoms with E-state index >= 15 is 0 Å². The zero-order chi connectivity index (χ0) is 9.31. The third kappa shape index (κ3) is 1.89. The number of hydrogen-bond acceptors (Lipinski definition) is 2. The maximum atomic E-state index is 3.74. The van der Waals surface area contributed by atoms with Gasteiger partial charge in [-0.1, -0.05) is 0 Å². The van der Waals surface area contributed by atoms with Crippen molar-refractivity contribution in [2.45, 2.75) is 51.1 Å². The zero-order valence-electron chi connectivity index (χ0n) is 8.97. The summed E-state index contributed by atoms with van der Waals surface area (Å²) in [6, 6.07) is 0.719. The molecule has 76 valence electrons. The highest BCUT2D eigenvalue weighted by molar-refractivity contribution is 4.98. The Bertz CT molecular complexity index is 173. The van der Waals surface area contributed by atoms with Crippen LogP contribution in [-0.2, 0) is 0 Å². The molecule has 1 aliphatic heterocycles. The molecular formula is C11H22N2. The molecule has 0 bridgehead atoms. The lowest BCUT2D eigenvalue weighted by molar-refractivity contribution is 0.170. The molecule has 2 fully saturated rings. The van der Waals surface area contributed by atoms with E-state index < -0.39 is 0 Å². The topological polar surface area (TPSA) is 15.3 Å². The highest BCUT2D eigenvalue weighted by Gasteiger charge is 2.37. The molecule has 0 radical (unpaired) electrons. The SMILES string of the molecule is CC(C)N1CCNC2(CCC2)CC1. The van der Waals surface area contributed by atoms with Crippen LogP contribution in [0.15, 0.2) is 0 Å². The van der Waals surface area contributed by atoms with Crippen LogP contribution >= 0.6 is 0 Å². The van der Waals surface area contributed by atoms with Gasteiger partial charge in [0.05, 0.1) is 0 Å². The van der Waals surface area contributed by atoms with Gasteiger partial charge in [0.2, 0.25) is 0 Å². The molecule has 2 nitrogen and oxygen atoms in total. The second kappa shape index (κ2) is 3.58. The molecule has 1 saturated heterocycles. The van der Waals surface area contributed by atoms with Crippen LogP contribution in [0.2, 0.25) is 0 Å². The standard InChI is InChI=1S/C11H22N2/c1-10(2)13-8-6-11(4-3-5-11)12-7-9-13/h10,12H,3-9H2,1-2H3. The molecule has 1 spiro atoms. The number of nitrogens with zero attached hydrogens (tertiary/aromatic N) is 1. The Morgan fingerprint density at radius 3 is 2.46 bits per heavy atom. The van der Waals surface area contributed by atoms with E-state index in [1.165, 1.54) is 45.3 Å². The number of nitrogens with one attached hydrogen (secondary N) is 1. The summed E-state index contributed by atoms with van der Waals surface area (Å²) in [4.78, 5) is 2.60. The predicted octanol–water partition coefficient (Wildman–Crippen LogP) is 1.61. The maximum Gasteiger partial charge on any atom is 0.0194 e. The molecule has 1 aliphatic carbocycles. The smallest absolute Gasteiger partial charge is 0.0194 e. The van der Waals surface area contributed by atoms with Crippen molar-refractivity contribution in [1.29, 1.82) is 0 Å². The van der Waals surface area contributed by atoms with Crippen LogP contribution < -0.4 is 5.32 Å². The van der Waals surface area contributed by atoms with Crippen molar-refractivity contribution < 1.29 is 0 Å². The molecule has 1 N–H and O–H groups in total. The Morgan fingerprint density at radius 1 is 1.15 bits per heavy atom. The fourth-order valence-corrected chi connectivity index (χ4v) is 2.57. The lowest BCUT2D eigenvalue weighted by atomic mass is 9.74. The summed E-state index contributed by atoms with van der Waals surface area (Å²) in [5.74, 6) is 0. The van der Waals surface area contributed by atoms with Gasteiger partial charge in [-0.25, -0.2) is 0 Å². The summed E-state index contributed by atoms with van der Waals surface area (Å²) >= 11 is 0. The fourth-order valence-electron chi connectivity index (χ4n) is 2.57. The highest BCUT2D eigenvalue weighted by Crippen LogP contribution is 2.35. The van der Waals surface area contributed by atoms with Crippen LogP contribution in [0.3, 0.4) is 0 Å². The molecule has 2 aliphatic rings. The summed E-state index contributed by atoms with van der Waals surface area (Å²) in [5.41, 5.74) is 0.559. The lowest BCUT2D eigenvalue weighted by Crippen LogP contribution is -2.50. The monoisotopic (exact) mass is 182 g/mol. The summed E-state index contributed by atoms with van der Waals surface area (Å²) in [5, 5.41) is 3.74. The molecule has 0 unspecified atom stereocenters. The van der Waals surface area contributed by atoms with E-state index in [0.717, 1.165) is 6.04 Å². The first-order valence-corrected chi connectivity index (χ1v) is 5.71. The first-order chi connectivity index (χ1) is 6.22. The molecule has 1 saturated carbocycles. The Kier molecular flexibility index (Phi) is 2.61.